The van der Waals surface area contributed by atoms with Crippen LogP contribution in [0.5, 0.6) is 0 Å². The van der Waals surface area contributed by atoms with Crippen LogP contribution in [-0.4, -0.2) is 53.7 Å². The molecule has 1 aromatic carbocycles. The summed E-state index contributed by atoms with van der Waals surface area (Å²) < 4.78 is 48.9. The Balaban J connectivity index is 1.51. The molecule has 0 spiro atoms. The van der Waals surface area contributed by atoms with Crippen molar-refractivity contribution in [3.63, 3.8) is 0 Å². The number of aromatic amines is 1. The van der Waals surface area contributed by atoms with Crippen molar-refractivity contribution in [1.82, 2.24) is 14.9 Å². The SMILES string of the molecule is O=C1CN(CS(=O)[O-])Cc2[nH]c(-c3ccnc(NC(=O)C4CC4(F)F)c3)c(Nc3ccccc3)c21. The van der Waals surface area contributed by atoms with E-state index in [1.54, 1.807) is 6.07 Å². The summed E-state index contributed by atoms with van der Waals surface area (Å²) in [5.41, 5.74) is 3.25. The molecule has 3 aromatic rings. The average molecular weight is 501 g/mol. The Morgan fingerprint density at radius 2 is 2.00 bits per heavy atom. The fraction of sp³-hybridized carbons (Fsp3) is 0.261. The zero-order valence-electron chi connectivity index (χ0n) is 18.2. The van der Waals surface area contributed by atoms with E-state index in [9.17, 15) is 27.1 Å². The van der Waals surface area contributed by atoms with Crippen LogP contribution in [0.1, 0.15) is 22.5 Å². The van der Waals surface area contributed by atoms with Gasteiger partial charge in [-0.05, 0) is 35.3 Å². The summed E-state index contributed by atoms with van der Waals surface area (Å²) in [6.45, 7) is 0.152. The smallest absolute Gasteiger partial charge is 0.260 e. The Morgan fingerprint density at radius 1 is 1.26 bits per heavy atom. The quantitative estimate of drug-likeness (QED) is 0.425. The molecule has 0 radical (unpaired) electrons. The van der Waals surface area contributed by atoms with Crippen LogP contribution in [0.4, 0.5) is 26.0 Å². The summed E-state index contributed by atoms with van der Waals surface area (Å²) in [5.74, 6) is -5.59. The molecule has 0 saturated heterocycles. The van der Waals surface area contributed by atoms with E-state index in [4.69, 9.17) is 0 Å². The van der Waals surface area contributed by atoms with Crippen LogP contribution in [-0.2, 0) is 22.4 Å². The van der Waals surface area contributed by atoms with Crippen LogP contribution in [0.25, 0.3) is 11.3 Å². The minimum atomic E-state index is -2.99. The highest BCUT2D eigenvalue weighted by Crippen LogP contribution is 2.49. The summed E-state index contributed by atoms with van der Waals surface area (Å²) in [6, 6.07) is 12.4. The number of H-pyrrole nitrogens is 1. The molecule has 3 N–H and O–H groups in total. The predicted octanol–water partition coefficient (Wildman–Crippen LogP) is 3.25. The monoisotopic (exact) mass is 500 g/mol. The van der Waals surface area contributed by atoms with Crippen molar-refractivity contribution in [2.24, 2.45) is 5.92 Å². The third-order valence-electron chi connectivity index (χ3n) is 5.88. The lowest BCUT2D eigenvalue weighted by molar-refractivity contribution is -0.119. The van der Waals surface area contributed by atoms with E-state index in [0.29, 0.717) is 28.2 Å². The molecule has 35 heavy (non-hydrogen) atoms. The minimum Gasteiger partial charge on any atom is -0.771 e. The molecule has 12 heteroatoms. The van der Waals surface area contributed by atoms with Crippen molar-refractivity contribution in [3.05, 3.63) is 59.9 Å². The number of rotatable bonds is 7. The number of hydrogen-bond acceptors (Lipinski definition) is 7. The highest BCUT2D eigenvalue weighted by Gasteiger charge is 2.61. The maximum atomic E-state index is 13.3. The van der Waals surface area contributed by atoms with Crippen molar-refractivity contribution in [2.45, 2.75) is 18.9 Å². The van der Waals surface area contributed by atoms with Crippen molar-refractivity contribution < 1.29 is 27.1 Å². The second kappa shape index (κ2) is 8.95. The van der Waals surface area contributed by atoms with Gasteiger partial charge in [-0.3, -0.25) is 18.7 Å². The topological polar surface area (TPSA) is 130 Å². The van der Waals surface area contributed by atoms with Gasteiger partial charge < -0.3 is 20.2 Å². The predicted molar refractivity (Wildman–Crippen MR) is 124 cm³/mol. The van der Waals surface area contributed by atoms with Crippen molar-refractivity contribution in [2.75, 3.05) is 23.1 Å². The number of ketones is 1. The number of benzene rings is 1. The third kappa shape index (κ3) is 4.85. The Hall–Kier alpha value is -3.48. The maximum absolute atomic E-state index is 13.3. The molecule has 1 saturated carbocycles. The Bertz CT molecular complexity index is 1330. The van der Waals surface area contributed by atoms with Gasteiger partial charge in [-0.1, -0.05) is 18.2 Å². The van der Waals surface area contributed by atoms with Crippen LogP contribution in [0.3, 0.4) is 0 Å². The Morgan fingerprint density at radius 3 is 2.69 bits per heavy atom. The van der Waals surface area contributed by atoms with E-state index < -0.39 is 35.2 Å². The average Bonchev–Trinajstić information content (AvgIpc) is 3.30. The van der Waals surface area contributed by atoms with Crippen LogP contribution >= 0.6 is 0 Å². The molecule has 0 bridgehead atoms. The van der Waals surface area contributed by atoms with Gasteiger partial charge in [0.05, 0.1) is 29.4 Å². The number of nitrogens with one attached hydrogen (secondary N) is 3. The highest BCUT2D eigenvalue weighted by molar-refractivity contribution is 7.79. The van der Waals surface area contributed by atoms with E-state index in [1.165, 1.54) is 17.2 Å². The number of amides is 1. The van der Waals surface area contributed by atoms with Crippen molar-refractivity contribution in [1.29, 1.82) is 0 Å². The summed E-state index contributed by atoms with van der Waals surface area (Å²) in [4.78, 5) is 34.0. The van der Waals surface area contributed by atoms with Gasteiger partial charge in [-0.2, -0.15) is 0 Å². The van der Waals surface area contributed by atoms with E-state index >= 15 is 0 Å². The number of hydrogen-bond donors (Lipinski definition) is 3. The molecule has 1 aliphatic carbocycles. The van der Waals surface area contributed by atoms with Crippen LogP contribution < -0.4 is 10.6 Å². The first-order chi connectivity index (χ1) is 16.7. The van der Waals surface area contributed by atoms with Crippen molar-refractivity contribution in [3.8, 4) is 11.3 Å². The van der Waals surface area contributed by atoms with E-state index in [2.05, 4.69) is 20.6 Å². The lowest BCUT2D eigenvalue weighted by atomic mass is 10.0. The number of fused-ring (bicyclic) bond motifs is 1. The van der Waals surface area contributed by atoms with E-state index in [1.807, 2.05) is 30.3 Å². The molecule has 2 aromatic heterocycles. The number of carbonyl (C=O) groups is 2. The highest BCUT2D eigenvalue weighted by atomic mass is 32.2. The first-order valence-corrected chi connectivity index (χ1v) is 12.0. The Labute approximate surface area is 201 Å². The molecule has 9 nitrogen and oxygen atoms in total. The maximum Gasteiger partial charge on any atom is 0.260 e. The van der Waals surface area contributed by atoms with Crippen LogP contribution in [0.15, 0.2) is 48.7 Å². The standard InChI is InChI=1S/C23H21F2N5O4S/c24-23(25)9-15(23)22(32)29-18-8-13(6-7-26-18)20-21(27-14-4-2-1-3-5-14)19-16(28-20)10-30(11-17(19)31)12-35(33)34/h1-8,15,27-28H,9-12H2,(H,33,34)(H,26,29,32)/p-1. The number of nitrogens with zero attached hydrogens (tertiary/aromatic N) is 2. The molecular formula is C23H20F2N5O4S-. The van der Waals surface area contributed by atoms with Gasteiger partial charge in [0.25, 0.3) is 5.92 Å². The van der Waals surface area contributed by atoms with E-state index in [0.717, 1.165) is 5.69 Å². The molecule has 2 unspecified atom stereocenters. The zero-order chi connectivity index (χ0) is 24.7. The summed E-state index contributed by atoms with van der Waals surface area (Å²) >= 11 is -2.34. The minimum absolute atomic E-state index is 0.0605. The molecule has 182 valence electrons. The first-order valence-electron chi connectivity index (χ1n) is 10.7. The second-order valence-corrected chi connectivity index (χ2v) is 9.37. The third-order valence-corrected chi connectivity index (χ3v) is 6.45. The van der Waals surface area contributed by atoms with Gasteiger partial charge in [0.2, 0.25) is 5.91 Å². The first kappa shape index (κ1) is 23.3. The zero-order valence-corrected chi connectivity index (χ0v) is 19.0. The summed E-state index contributed by atoms with van der Waals surface area (Å²) in [7, 11) is 0. The number of alkyl halides is 2. The molecule has 2 atom stereocenters. The van der Waals surface area contributed by atoms with Gasteiger partial charge >= 0.3 is 0 Å². The molecule has 3 heterocycles. The molecule has 2 aliphatic rings. The Kier molecular flexibility index (Phi) is 5.95. The lowest BCUT2D eigenvalue weighted by Gasteiger charge is -2.26. The molecule has 1 aliphatic heterocycles. The van der Waals surface area contributed by atoms with Gasteiger partial charge in [0.1, 0.15) is 11.7 Å². The summed E-state index contributed by atoms with van der Waals surface area (Å²) in [6.07, 6.45) is 0.941. The molecule has 5 rings (SSSR count). The summed E-state index contributed by atoms with van der Waals surface area (Å²) in [5, 5.41) is 5.70. The van der Waals surface area contributed by atoms with Crippen molar-refractivity contribution >= 4 is 40.0 Å². The largest absolute Gasteiger partial charge is 0.771 e. The van der Waals surface area contributed by atoms with Gasteiger partial charge in [0, 0.05) is 36.1 Å². The molecule has 1 fully saturated rings. The molecule has 1 amide bonds. The lowest BCUT2D eigenvalue weighted by Crippen LogP contribution is -2.37. The van der Waals surface area contributed by atoms with Gasteiger partial charge in [-0.25, -0.2) is 13.8 Å². The molecular weight excluding hydrogens is 480 g/mol. The number of carbonyl (C=O) groups excluding carboxylic acids is 2. The number of aromatic nitrogens is 2. The number of para-hydroxylation sites is 1. The second-order valence-electron chi connectivity index (χ2n) is 8.50. The van der Waals surface area contributed by atoms with E-state index in [-0.39, 0.29) is 30.6 Å². The number of Topliss-reactive ketones (excluding diaryl/α,β-unsaturated/α-hetero) is 1. The normalized spacial score (nSPS) is 19.6. The van der Waals surface area contributed by atoms with Crippen LogP contribution in [0.2, 0.25) is 0 Å². The number of anilines is 3. The van der Waals surface area contributed by atoms with Gasteiger partial charge in [0.15, 0.2) is 5.78 Å². The van der Waals surface area contributed by atoms with Gasteiger partial charge in [-0.15, -0.1) is 0 Å². The number of pyridine rings is 1. The van der Waals surface area contributed by atoms with Crippen LogP contribution in [0, 0.1) is 5.92 Å². The fourth-order valence-electron chi connectivity index (χ4n) is 4.15. The fourth-order valence-corrected chi connectivity index (χ4v) is 4.63. The number of halogens is 2.